The largest absolute Gasteiger partial charge is 0.493 e. The number of nitrogens with zero attached hydrogens (tertiary/aromatic N) is 2. The lowest BCUT2D eigenvalue weighted by Crippen LogP contribution is -2.39. The summed E-state index contributed by atoms with van der Waals surface area (Å²) in [6, 6.07) is 16.2. The highest BCUT2D eigenvalue weighted by Crippen LogP contribution is 2.29. The number of methoxy groups -OCH3 is 2. The molecule has 0 saturated heterocycles. The summed E-state index contributed by atoms with van der Waals surface area (Å²) in [5.41, 5.74) is 5.21. The Kier molecular flexibility index (Phi) is 8.37. The fraction of sp³-hybridized carbons (Fsp3) is 0.200. The second-order valence-corrected chi connectivity index (χ2v) is 9.91. The minimum absolute atomic E-state index is 0.0116. The van der Waals surface area contributed by atoms with Gasteiger partial charge < -0.3 is 9.47 Å². The van der Waals surface area contributed by atoms with Crippen LogP contribution in [0.2, 0.25) is 5.02 Å². The van der Waals surface area contributed by atoms with E-state index in [1.807, 2.05) is 13.8 Å². The number of sulfonamides is 1. The molecule has 0 aromatic heterocycles. The summed E-state index contributed by atoms with van der Waals surface area (Å²) in [5.74, 6) is 0.340. The van der Waals surface area contributed by atoms with E-state index in [2.05, 4.69) is 10.5 Å². The van der Waals surface area contributed by atoms with Crippen molar-refractivity contribution in [1.82, 2.24) is 5.43 Å². The standard InChI is InChI=1S/C25H26ClN3O5S/c1-17-8-11-21(14-18(17)2)29(35(31,32)22-12-9-20(26)10-13-22)16-24(30)28-27-15-19-6-5-7-23(33-3)25(19)34-4/h5-15H,16H2,1-4H3,(H,28,30)/b27-15-. The molecule has 0 aliphatic carbocycles. The first kappa shape index (κ1) is 26.1. The average Bonchev–Trinajstić information content (AvgIpc) is 2.84. The molecule has 0 heterocycles. The van der Waals surface area contributed by atoms with Crippen molar-refractivity contribution in [2.75, 3.05) is 25.1 Å². The van der Waals surface area contributed by atoms with Crippen LogP contribution in [0.5, 0.6) is 11.5 Å². The second-order valence-electron chi connectivity index (χ2n) is 7.61. The molecule has 0 aliphatic rings. The van der Waals surface area contributed by atoms with Crippen LogP contribution in [0, 0.1) is 13.8 Å². The molecule has 0 unspecified atom stereocenters. The third-order valence-corrected chi connectivity index (χ3v) is 7.33. The van der Waals surface area contributed by atoms with Crippen molar-refractivity contribution < 1.29 is 22.7 Å². The highest BCUT2D eigenvalue weighted by atomic mass is 35.5. The molecule has 0 saturated carbocycles. The molecule has 0 fully saturated rings. The van der Waals surface area contributed by atoms with E-state index in [1.54, 1.807) is 36.4 Å². The monoisotopic (exact) mass is 515 g/mol. The number of benzene rings is 3. The van der Waals surface area contributed by atoms with Crippen molar-refractivity contribution in [2.45, 2.75) is 18.7 Å². The number of ether oxygens (including phenoxy) is 2. The first-order valence-electron chi connectivity index (χ1n) is 10.6. The average molecular weight is 516 g/mol. The molecule has 3 rings (SSSR count). The third-order valence-electron chi connectivity index (χ3n) is 5.29. The van der Waals surface area contributed by atoms with Crippen LogP contribution < -0.4 is 19.2 Å². The van der Waals surface area contributed by atoms with E-state index >= 15 is 0 Å². The van der Waals surface area contributed by atoms with Crippen molar-refractivity contribution in [2.24, 2.45) is 5.10 Å². The highest BCUT2D eigenvalue weighted by molar-refractivity contribution is 7.92. The molecule has 3 aromatic carbocycles. The Balaban J connectivity index is 1.88. The summed E-state index contributed by atoms with van der Waals surface area (Å²) in [6.07, 6.45) is 1.40. The lowest BCUT2D eigenvalue weighted by Gasteiger charge is -2.24. The minimum Gasteiger partial charge on any atom is -0.493 e. The van der Waals surface area contributed by atoms with Gasteiger partial charge >= 0.3 is 0 Å². The van der Waals surface area contributed by atoms with E-state index in [0.717, 1.165) is 15.4 Å². The van der Waals surface area contributed by atoms with Gasteiger partial charge in [-0.25, -0.2) is 13.8 Å². The van der Waals surface area contributed by atoms with Crippen molar-refractivity contribution in [3.05, 3.63) is 82.4 Å². The number of hydrogen-bond donors (Lipinski definition) is 1. The fourth-order valence-electron chi connectivity index (χ4n) is 3.28. The molecule has 184 valence electrons. The maximum absolute atomic E-state index is 13.5. The normalized spacial score (nSPS) is 11.3. The van der Waals surface area contributed by atoms with Gasteiger partial charge in [-0.2, -0.15) is 5.10 Å². The van der Waals surface area contributed by atoms with Gasteiger partial charge in [0.15, 0.2) is 11.5 Å². The SMILES string of the molecule is COc1cccc(/C=N\NC(=O)CN(c2ccc(C)c(C)c2)S(=O)(=O)c2ccc(Cl)cc2)c1OC. The fourth-order valence-corrected chi connectivity index (χ4v) is 4.82. The number of nitrogens with one attached hydrogen (secondary N) is 1. The molecule has 10 heteroatoms. The summed E-state index contributed by atoms with van der Waals surface area (Å²) in [4.78, 5) is 12.8. The Morgan fingerprint density at radius 2 is 1.74 bits per heavy atom. The topological polar surface area (TPSA) is 97.3 Å². The smallest absolute Gasteiger partial charge is 0.264 e. The maximum atomic E-state index is 13.5. The van der Waals surface area contributed by atoms with E-state index < -0.39 is 22.5 Å². The molecular weight excluding hydrogens is 490 g/mol. The van der Waals surface area contributed by atoms with Crippen LogP contribution >= 0.6 is 11.6 Å². The molecular formula is C25H26ClN3O5S. The van der Waals surface area contributed by atoms with E-state index in [-0.39, 0.29) is 4.90 Å². The van der Waals surface area contributed by atoms with Gasteiger partial charge in [-0.05, 0) is 73.5 Å². The molecule has 0 spiro atoms. The van der Waals surface area contributed by atoms with Gasteiger partial charge in [-0.1, -0.05) is 23.7 Å². The third kappa shape index (κ3) is 6.12. The van der Waals surface area contributed by atoms with Crippen LogP contribution in [0.15, 0.2) is 70.7 Å². The van der Waals surface area contributed by atoms with Crippen molar-refractivity contribution in [1.29, 1.82) is 0 Å². The number of hydrogen-bond acceptors (Lipinski definition) is 6. The first-order chi connectivity index (χ1) is 16.7. The van der Waals surface area contributed by atoms with E-state index in [9.17, 15) is 13.2 Å². The molecule has 35 heavy (non-hydrogen) atoms. The van der Waals surface area contributed by atoms with Crippen LogP contribution in [0.4, 0.5) is 5.69 Å². The quantitative estimate of drug-likeness (QED) is 0.338. The number of carbonyl (C=O) groups is 1. The number of rotatable bonds is 9. The number of anilines is 1. The van der Waals surface area contributed by atoms with Crippen LogP contribution in [0.1, 0.15) is 16.7 Å². The van der Waals surface area contributed by atoms with Crippen molar-refractivity contribution in [3.63, 3.8) is 0 Å². The Morgan fingerprint density at radius 3 is 2.37 bits per heavy atom. The zero-order chi connectivity index (χ0) is 25.6. The summed E-state index contributed by atoms with van der Waals surface area (Å²) >= 11 is 5.92. The molecule has 1 N–H and O–H groups in total. The minimum atomic E-state index is -4.07. The van der Waals surface area contributed by atoms with Crippen LogP contribution in [0.3, 0.4) is 0 Å². The van der Waals surface area contributed by atoms with Gasteiger partial charge in [0, 0.05) is 10.6 Å². The van der Waals surface area contributed by atoms with Gasteiger partial charge in [-0.3, -0.25) is 9.10 Å². The van der Waals surface area contributed by atoms with Crippen LogP contribution in [-0.4, -0.2) is 41.3 Å². The van der Waals surface area contributed by atoms with Gasteiger partial charge in [0.05, 0.1) is 31.0 Å². The summed E-state index contributed by atoms with van der Waals surface area (Å²) < 4.78 is 38.6. The number of aryl methyl sites for hydroxylation is 2. The van der Waals surface area contributed by atoms with Gasteiger partial charge in [-0.15, -0.1) is 0 Å². The Hall–Kier alpha value is -3.56. The summed E-state index contributed by atoms with van der Waals surface area (Å²) in [5, 5.41) is 4.38. The van der Waals surface area contributed by atoms with E-state index in [0.29, 0.717) is 27.8 Å². The lowest BCUT2D eigenvalue weighted by atomic mass is 10.1. The van der Waals surface area contributed by atoms with Crippen molar-refractivity contribution in [3.8, 4) is 11.5 Å². The Labute approximate surface area is 210 Å². The molecule has 1 amide bonds. The Morgan fingerprint density at radius 1 is 1.03 bits per heavy atom. The van der Waals surface area contributed by atoms with E-state index in [1.165, 1.54) is 44.7 Å². The predicted octanol–water partition coefficient (Wildman–Crippen LogP) is 4.32. The van der Waals surface area contributed by atoms with Gasteiger partial charge in [0.25, 0.3) is 15.9 Å². The molecule has 0 atom stereocenters. The number of para-hydroxylation sites is 1. The van der Waals surface area contributed by atoms with E-state index in [4.69, 9.17) is 21.1 Å². The zero-order valence-electron chi connectivity index (χ0n) is 19.8. The van der Waals surface area contributed by atoms with Gasteiger partial charge in [0.1, 0.15) is 6.54 Å². The molecule has 3 aromatic rings. The van der Waals surface area contributed by atoms with Crippen molar-refractivity contribution >= 4 is 39.4 Å². The lowest BCUT2D eigenvalue weighted by molar-refractivity contribution is -0.119. The number of hydrazone groups is 1. The highest BCUT2D eigenvalue weighted by Gasteiger charge is 2.27. The number of amides is 1. The first-order valence-corrected chi connectivity index (χ1v) is 12.4. The van der Waals surface area contributed by atoms with Gasteiger partial charge in [0.2, 0.25) is 0 Å². The number of halogens is 1. The van der Waals surface area contributed by atoms with Crippen LogP contribution in [0.25, 0.3) is 0 Å². The summed E-state index contributed by atoms with van der Waals surface area (Å²) in [6.45, 7) is 3.31. The predicted molar refractivity (Wildman–Crippen MR) is 137 cm³/mol. The number of carbonyl (C=O) groups excluding carboxylic acids is 1. The molecule has 0 bridgehead atoms. The molecule has 0 aliphatic heterocycles. The van der Waals surface area contributed by atoms with Crippen LogP contribution in [-0.2, 0) is 14.8 Å². The zero-order valence-corrected chi connectivity index (χ0v) is 21.4. The second kappa shape index (κ2) is 11.2. The molecule has 0 radical (unpaired) electrons. The summed E-state index contributed by atoms with van der Waals surface area (Å²) in [7, 11) is -1.05. The Bertz CT molecular complexity index is 1340. The molecule has 8 nitrogen and oxygen atoms in total. The maximum Gasteiger partial charge on any atom is 0.264 e.